The lowest BCUT2D eigenvalue weighted by atomic mass is 10.2. The van der Waals surface area contributed by atoms with Gasteiger partial charge in [0.25, 0.3) is 0 Å². The van der Waals surface area contributed by atoms with Gasteiger partial charge in [-0.05, 0) is 12.1 Å². The molecule has 78 valence electrons. The Hall–Kier alpha value is -1.97. The summed E-state index contributed by atoms with van der Waals surface area (Å²) in [6.45, 7) is 0. The minimum atomic E-state index is 0.751. The van der Waals surface area contributed by atoms with Crippen molar-refractivity contribution in [1.82, 2.24) is 9.97 Å². The monoisotopic (exact) mass is 204 g/mol. The van der Waals surface area contributed by atoms with E-state index in [4.69, 9.17) is 9.47 Å². The molecule has 0 amide bonds. The summed E-state index contributed by atoms with van der Waals surface area (Å²) in [4.78, 5) is 7.20. The Labute approximate surface area is 87.9 Å². The van der Waals surface area contributed by atoms with Crippen LogP contribution in [0, 0.1) is 0 Å². The molecule has 0 aliphatic heterocycles. The highest BCUT2D eigenvalue weighted by molar-refractivity contribution is 5.60. The van der Waals surface area contributed by atoms with Gasteiger partial charge >= 0.3 is 0 Å². The molecule has 1 aromatic heterocycles. The molecule has 1 aromatic carbocycles. The fraction of sp³-hybridized carbons (Fsp3) is 0.182. The number of rotatable bonds is 3. The van der Waals surface area contributed by atoms with Gasteiger partial charge in [-0.15, -0.1) is 0 Å². The third-order valence-electron chi connectivity index (χ3n) is 2.12. The molecular weight excluding hydrogens is 192 g/mol. The lowest BCUT2D eigenvalue weighted by molar-refractivity contribution is 0.394. The van der Waals surface area contributed by atoms with Gasteiger partial charge in [0.05, 0.1) is 14.2 Å². The smallest absolute Gasteiger partial charge is 0.137 e. The minimum absolute atomic E-state index is 0.751. The molecule has 4 heteroatoms. The second kappa shape index (κ2) is 4.04. The maximum Gasteiger partial charge on any atom is 0.137 e. The van der Waals surface area contributed by atoms with Crippen molar-refractivity contribution in [3.8, 4) is 22.9 Å². The van der Waals surface area contributed by atoms with Gasteiger partial charge in [0, 0.05) is 24.0 Å². The fourth-order valence-corrected chi connectivity index (χ4v) is 1.37. The number of aromatic nitrogens is 2. The van der Waals surface area contributed by atoms with Crippen LogP contribution in [0.1, 0.15) is 0 Å². The van der Waals surface area contributed by atoms with Crippen molar-refractivity contribution >= 4 is 0 Å². The van der Waals surface area contributed by atoms with Crippen LogP contribution in [0.25, 0.3) is 11.4 Å². The topological polar surface area (TPSA) is 47.1 Å². The van der Waals surface area contributed by atoms with E-state index in [2.05, 4.69) is 9.97 Å². The predicted molar refractivity (Wildman–Crippen MR) is 57.1 cm³/mol. The SMILES string of the molecule is COc1cc(OC)cc(-c2ncc[nH]2)c1. The number of hydrogen-bond donors (Lipinski definition) is 1. The van der Waals surface area contributed by atoms with Gasteiger partial charge in [-0.25, -0.2) is 4.98 Å². The van der Waals surface area contributed by atoms with Gasteiger partial charge in [0.2, 0.25) is 0 Å². The largest absolute Gasteiger partial charge is 0.497 e. The van der Waals surface area contributed by atoms with E-state index in [0.717, 1.165) is 22.9 Å². The van der Waals surface area contributed by atoms with Crippen molar-refractivity contribution in [2.24, 2.45) is 0 Å². The Bertz CT molecular complexity index is 416. The highest BCUT2D eigenvalue weighted by atomic mass is 16.5. The number of nitrogens with zero attached hydrogens (tertiary/aromatic N) is 1. The molecule has 0 saturated carbocycles. The van der Waals surface area contributed by atoms with Crippen LogP contribution >= 0.6 is 0 Å². The number of ether oxygens (including phenoxy) is 2. The molecule has 4 nitrogen and oxygen atoms in total. The maximum atomic E-state index is 5.17. The number of aromatic amines is 1. The van der Waals surface area contributed by atoms with Crippen molar-refractivity contribution in [3.63, 3.8) is 0 Å². The number of nitrogens with one attached hydrogen (secondary N) is 1. The molecule has 0 aliphatic carbocycles. The molecule has 0 radical (unpaired) electrons. The van der Waals surface area contributed by atoms with Gasteiger partial charge in [0.1, 0.15) is 17.3 Å². The van der Waals surface area contributed by atoms with Crippen LogP contribution in [-0.2, 0) is 0 Å². The maximum absolute atomic E-state index is 5.17. The Morgan fingerprint density at radius 1 is 1.07 bits per heavy atom. The fourth-order valence-electron chi connectivity index (χ4n) is 1.37. The molecule has 0 atom stereocenters. The summed E-state index contributed by atoms with van der Waals surface area (Å²) in [5.41, 5.74) is 0.941. The third kappa shape index (κ3) is 1.93. The molecule has 0 aliphatic rings. The molecule has 1 N–H and O–H groups in total. The van der Waals surface area contributed by atoms with Crippen LogP contribution in [0.3, 0.4) is 0 Å². The van der Waals surface area contributed by atoms with E-state index < -0.39 is 0 Å². The summed E-state index contributed by atoms with van der Waals surface area (Å²) >= 11 is 0. The van der Waals surface area contributed by atoms with Crippen molar-refractivity contribution in [3.05, 3.63) is 30.6 Å². The molecule has 0 saturated heterocycles. The van der Waals surface area contributed by atoms with Crippen molar-refractivity contribution in [2.45, 2.75) is 0 Å². The quantitative estimate of drug-likeness (QED) is 0.832. The van der Waals surface area contributed by atoms with Crippen LogP contribution in [0.5, 0.6) is 11.5 Å². The number of H-pyrrole nitrogens is 1. The Balaban J connectivity index is 2.47. The van der Waals surface area contributed by atoms with Crippen LogP contribution in [0.15, 0.2) is 30.6 Å². The third-order valence-corrected chi connectivity index (χ3v) is 2.12. The van der Waals surface area contributed by atoms with Crippen LogP contribution in [-0.4, -0.2) is 24.2 Å². The normalized spacial score (nSPS) is 10.0. The van der Waals surface area contributed by atoms with E-state index in [9.17, 15) is 0 Å². The first-order valence-electron chi connectivity index (χ1n) is 4.56. The Morgan fingerprint density at radius 2 is 1.73 bits per heavy atom. The number of hydrogen-bond acceptors (Lipinski definition) is 3. The average Bonchev–Trinajstić information content (AvgIpc) is 2.81. The lowest BCUT2D eigenvalue weighted by Crippen LogP contribution is -1.89. The van der Waals surface area contributed by atoms with E-state index in [1.165, 1.54) is 0 Å². The van der Waals surface area contributed by atoms with Gasteiger partial charge in [0.15, 0.2) is 0 Å². The summed E-state index contributed by atoms with van der Waals surface area (Å²) < 4.78 is 10.3. The number of imidazole rings is 1. The zero-order valence-electron chi connectivity index (χ0n) is 8.65. The predicted octanol–water partition coefficient (Wildman–Crippen LogP) is 2.09. The van der Waals surface area contributed by atoms with Gasteiger partial charge < -0.3 is 14.5 Å². The first kappa shape index (κ1) is 9.58. The molecule has 0 spiro atoms. The molecule has 2 aromatic rings. The molecule has 0 bridgehead atoms. The van der Waals surface area contributed by atoms with Gasteiger partial charge in [-0.3, -0.25) is 0 Å². The van der Waals surface area contributed by atoms with E-state index in [-0.39, 0.29) is 0 Å². The summed E-state index contributed by atoms with van der Waals surface area (Å²) in [5.74, 6) is 2.30. The Morgan fingerprint density at radius 3 is 2.20 bits per heavy atom. The molecule has 2 rings (SSSR count). The highest BCUT2D eigenvalue weighted by Crippen LogP contribution is 2.27. The summed E-state index contributed by atoms with van der Waals surface area (Å²) in [6.07, 6.45) is 3.49. The molecule has 1 heterocycles. The zero-order chi connectivity index (χ0) is 10.7. The average molecular weight is 204 g/mol. The second-order valence-corrected chi connectivity index (χ2v) is 3.04. The molecule has 15 heavy (non-hydrogen) atoms. The second-order valence-electron chi connectivity index (χ2n) is 3.04. The van der Waals surface area contributed by atoms with Crippen LogP contribution in [0.4, 0.5) is 0 Å². The van der Waals surface area contributed by atoms with Gasteiger partial charge in [-0.1, -0.05) is 0 Å². The van der Waals surface area contributed by atoms with Crippen LogP contribution < -0.4 is 9.47 Å². The number of benzene rings is 1. The standard InChI is InChI=1S/C11H12N2O2/c1-14-9-5-8(6-10(7-9)15-2)11-12-3-4-13-11/h3-7H,1-2H3,(H,12,13). The first-order chi connectivity index (χ1) is 7.33. The Kier molecular flexibility index (Phi) is 2.58. The van der Waals surface area contributed by atoms with Crippen molar-refractivity contribution < 1.29 is 9.47 Å². The summed E-state index contributed by atoms with van der Waals surface area (Å²) in [7, 11) is 3.25. The highest BCUT2D eigenvalue weighted by Gasteiger charge is 2.05. The summed E-state index contributed by atoms with van der Waals surface area (Å²) in [5, 5.41) is 0. The van der Waals surface area contributed by atoms with E-state index in [1.807, 2.05) is 18.2 Å². The first-order valence-corrected chi connectivity index (χ1v) is 4.56. The van der Waals surface area contributed by atoms with E-state index in [1.54, 1.807) is 26.6 Å². The van der Waals surface area contributed by atoms with Gasteiger partial charge in [-0.2, -0.15) is 0 Å². The molecule has 0 fully saturated rings. The van der Waals surface area contributed by atoms with Crippen LogP contribution in [0.2, 0.25) is 0 Å². The van der Waals surface area contributed by atoms with E-state index in [0.29, 0.717) is 0 Å². The lowest BCUT2D eigenvalue weighted by Gasteiger charge is -2.06. The van der Waals surface area contributed by atoms with E-state index >= 15 is 0 Å². The minimum Gasteiger partial charge on any atom is -0.497 e. The zero-order valence-corrected chi connectivity index (χ0v) is 8.65. The van der Waals surface area contributed by atoms with Crippen molar-refractivity contribution in [1.29, 1.82) is 0 Å². The number of methoxy groups -OCH3 is 2. The van der Waals surface area contributed by atoms with Crippen molar-refractivity contribution in [2.75, 3.05) is 14.2 Å². The molecular formula is C11H12N2O2. The molecule has 0 unspecified atom stereocenters. The summed E-state index contributed by atoms with van der Waals surface area (Å²) in [6, 6.07) is 5.63.